The predicted octanol–water partition coefficient (Wildman–Crippen LogP) is 0.746. The molecular formula is C12H24ClN3O. The summed E-state index contributed by atoms with van der Waals surface area (Å²) in [6.07, 6.45) is 3.41. The molecule has 1 saturated carbocycles. The van der Waals surface area contributed by atoms with E-state index >= 15 is 0 Å². The van der Waals surface area contributed by atoms with Crippen LogP contribution in [0.1, 0.15) is 33.1 Å². The van der Waals surface area contributed by atoms with Crippen molar-refractivity contribution in [1.82, 2.24) is 10.2 Å². The number of likely N-dealkylation sites (tertiary alicyclic amines) is 1. The Morgan fingerprint density at radius 3 is 2.71 bits per heavy atom. The van der Waals surface area contributed by atoms with Crippen LogP contribution >= 0.6 is 12.4 Å². The first-order chi connectivity index (χ1) is 7.54. The minimum Gasteiger partial charge on any atom is -0.352 e. The van der Waals surface area contributed by atoms with E-state index in [4.69, 9.17) is 5.73 Å². The maximum atomic E-state index is 11.9. The van der Waals surface area contributed by atoms with E-state index < -0.39 is 0 Å². The number of nitrogens with two attached hydrogens (primary N) is 1. The molecule has 1 saturated heterocycles. The third kappa shape index (κ3) is 3.57. The highest BCUT2D eigenvalue weighted by Crippen LogP contribution is 2.30. The number of carbonyl (C=O) groups excluding carboxylic acids is 1. The van der Waals surface area contributed by atoms with Crippen LogP contribution < -0.4 is 11.1 Å². The summed E-state index contributed by atoms with van der Waals surface area (Å²) in [5.41, 5.74) is 5.97. The van der Waals surface area contributed by atoms with Crippen molar-refractivity contribution in [2.75, 3.05) is 19.6 Å². The first-order valence-corrected chi connectivity index (χ1v) is 6.28. The molecule has 1 amide bonds. The van der Waals surface area contributed by atoms with Crippen molar-refractivity contribution in [1.29, 1.82) is 0 Å². The zero-order valence-corrected chi connectivity index (χ0v) is 11.6. The van der Waals surface area contributed by atoms with Gasteiger partial charge in [-0.05, 0) is 44.7 Å². The van der Waals surface area contributed by atoms with Crippen LogP contribution in [0.25, 0.3) is 0 Å². The molecule has 0 aromatic heterocycles. The second kappa shape index (κ2) is 5.55. The molecular weight excluding hydrogens is 238 g/mol. The van der Waals surface area contributed by atoms with Crippen molar-refractivity contribution < 1.29 is 4.79 Å². The molecule has 1 aliphatic carbocycles. The number of amides is 1. The number of rotatable bonds is 4. The third-order valence-electron chi connectivity index (χ3n) is 3.93. The monoisotopic (exact) mass is 261 g/mol. The summed E-state index contributed by atoms with van der Waals surface area (Å²) in [5, 5.41) is 3.06. The number of carbonyl (C=O) groups is 1. The molecule has 1 aliphatic heterocycles. The fraction of sp³-hybridized carbons (Fsp3) is 0.917. The maximum absolute atomic E-state index is 11.9. The molecule has 3 N–H and O–H groups in total. The van der Waals surface area contributed by atoms with E-state index in [2.05, 4.69) is 17.1 Å². The van der Waals surface area contributed by atoms with Gasteiger partial charge in [-0.25, -0.2) is 0 Å². The second-order valence-corrected chi connectivity index (χ2v) is 5.69. The number of nitrogens with zero attached hydrogens (tertiary/aromatic N) is 1. The number of hydrogen-bond donors (Lipinski definition) is 2. The van der Waals surface area contributed by atoms with Crippen LogP contribution in [-0.4, -0.2) is 42.5 Å². The van der Waals surface area contributed by atoms with E-state index in [-0.39, 0.29) is 29.8 Å². The summed E-state index contributed by atoms with van der Waals surface area (Å²) in [7, 11) is 0. The molecule has 2 unspecified atom stereocenters. The lowest BCUT2D eigenvalue weighted by Crippen LogP contribution is -2.45. The van der Waals surface area contributed by atoms with Crippen molar-refractivity contribution in [2.45, 2.75) is 45.2 Å². The van der Waals surface area contributed by atoms with E-state index in [0.29, 0.717) is 12.6 Å². The fourth-order valence-corrected chi connectivity index (χ4v) is 2.27. The van der Waals surface area contributed by atoms with Gasteiger partial charge in [-0.3, -0.25) is 9.69 Å². The molecule has 0 radical (unpaired) electrons. The van der Waals surface area contributed by atoms with Gasteiger partial charge in [0.2, 0.25) is 5.91 Å². The minimum absolute atomic E-state index is 0. The molecule has 0 aromatic rings. The van der Waals surface area contributed by atoms with Crippen molar-refractivity contribution in [3.63, 3.8) is 0 Å². The standard InChI is InChI=1S/C12H23N3O.ClH/c1-9(11(16)14-10-3-4-10)15-6-5-12(2,7-13)8-15;/h9-10H,3-8,13H2,1-2H3,(H,14,16);1H. The number of hydrogen-bond acceptors (Lipinski definition) is 3. The quantitative estimate of drug-likeness (QED) is 0.785. The van der Waals surface area contributed by atoms with Gasteiger partial charge in [-0.2, -0.15) is 0 Å². The molecule has 17 heavy (non-hydrogen) atoms. The average Bonchev–Trinajstić information content (AvgIpc) is 2.99. The first kappa shape index (κ1) is 14.7. The Hall–Kier alpha value is -0.320. The summed E-state index contributed by atoms with van der Waals surface area (Å²) in [6.45, 7) is 6.86. The summed E-state index contributed by atoms with van der Waals surface area (Å²) in [5.74, 6) is 0.184. The van der Waals surface area contributed by atoms with E-state index in [1.807, 2.05) is 6.92 Å². The van der Waals surface area contributed by atoms with Crippen LogP contribution in [0.4, 0.5) is 0 Å². The summed E-state index contributed by atoms with van der Waals surface area (Å²) >= 11 is 0. The van der Waals surface area contributed by atoms with Crippen LogP contribution in [0.15, 0.2) is 0 Å². The number of nitrogens with one attached hydrogen (secondary N) is 1. The van der Waals surface area contributed by atoms with Crippen LogP contribution in [0.2, 0.25) is 0 Å². The van der Waals surface area contributed by atoms with Crippen LogP contribution in [0.5, 0.6) is 0 Å². The molecule has 0 bridgehead atoms. The lowest BCUT2D eigenvalue weighted by Gasteiger charge is -2.26. The van der Waals surface area contributed by atoms with Gasteiger partial charge in [-0.1, -0.05) is 6.92 Å². The molecule has 1 heterocycles. The Bertz CT molecular complexity index is 283. The molecule has 2 fully saturated rings. The van der Waals surface area contributed by atoms with Crippen molar-refractivity contribution in [2.24, 2.45) is 11.1 Å². The van der Waals surface area contributed by atoms with Gasteiger partial charge in [0.1, 0.15) is 0 Å². The Kier molecular flexibility index (Phi) is 4.81. The molecule has 0 spiro atoms. The SMILES string of the molecule is CC(C(=O)NC1CC1)N1CCC(C)(CN)C1.Cl. The fourth-order valence-electron chi connectivity index (χ4n) is 2.27. The predicted molar refractivity (Wildman–Crippen MR) is 71.2 cm³/mol. The smallest absolute Gasteiger partial charge is 0.237 e. The molecule has 5 heteroatoms. The van der Waals surface area contributed by atoms with Gasteiger partial charge in [0.05, 0.1) is 6.04 Å². The van der Waals surface area contributed by atoms with E-state index in [0.717, 1.165) is 32.4 Å². The highest BCUT2D eigenvalue weighted by molar-refractivity contribution is 5.85. The lowest BCUT2D eigenvalue weighted by molar-refractivity contribution is -0.125. The summed E-state index contributed by atoms with van der Waals surface area (Å²) in [4.78, 5) is 14.2. The summed E-state index contributed by atoms with van der Waals surface area (Å²) in [6, 6.07) is 0.451. The average molecular weight is 262 g/mol. The van der Waals surface area contributed by atoms with Crippen LogP contribution in [0.3, 0.4) is 0 Å². The topological polar surface area (TPSA) is 58.4 Å². The number of halogens is 1. The highest BCUT2D eigenvalue weighted by atomic mass is 35.5. The minimum atomic E-state index is -0.00558. The third-order valence-corrected chi connectivity index (χ3v) is 3.93. The van der Waals surface area contributed by atoms with Crippen molar-refractivity contribution in [3.05, 3.63) is 0 Å². The van der Waals surface area contributed by atoms with E-state index in [1.165, 1.54) is 0 Å². The van der Waals surface area contributed by atoms with Gasteiger partial charge in [0.15, 0.2) is 0 Å². The van der Waals surface area contributed by atoms with Crippen molar-refractivity contribution in [3.8, 4) is 0 Å². The molecule has 2 atom stereocenters. The van der Waals surface area contributed by atoms with Gasteiger partial charge in [0, 0.05) is 12.6 Å². The van der Waals surface area contributed by atoms with Gasteiger partial charge in [-0.15, -0.1) is 12.4 Å². The molecule has 0 aromatic carbocycles. The van der Waals surface area contributed by atoms with Crippen LogP contribution in [-0.2, 0) is 4.79 Å². The second-order valence-electron chi connectivity index (χ2n) is 5.69. The molecule has 2 rings (SSSR count). The summed E-state index contributed by atoms with van der Waals surface area (Å²) < 4.78 is 0. The van der Waals surface area contributed by atoms with Gasteiger partial charge in [0.25, 0.3) is 0 Å². The zero-order chi connectivity index (χ0) is 11.8. The van der Waals surface area contributed by atoms with E-state index in [1.54, 1.807) is 0 Å². The largest absolute Gasteiger partial charge is 0.352 e. The first-order valence-electron chi connectivity index (χ1n) is 6.28. The Balaban J connectivity index is 0.00000144. The maximum Gasteiger partial charge on any atom is 0.237 e. The zero-order valence-electron chi connectivity index (χ0n) is 10.7. The van der Waals surface area contributed by atoms with Gasteiger partial charge < -0.3 is 11.1 Å². The Labute approximate surface area is 110 Å². The Morgan fingerprint density at radius 1 is 1.59 bits per heavy atom. The molecule has 2 aliphatic rings. The van der Waals surface area contributed by atoms with Crippen LogP contribution in [0, 0.1) is 5.41 Å². The highest BCUT2D eigenvalue weighted by Gasteiger charge is 2.37. The lowest BCUT2D eigenvalue weighted by atomic mass is 9.90. The molecule has 4 nitrogen and oxygen atoms in total. The van der Waals surface area contributed by atoms with E-state index in [9.17, 15) is 4.79 Å². The molecule has 100 valence electrons. The van der Waals surface area contributed by atoms with Crippen molar-refractivity contribution >= 4 is 18.3 Å². The Morgan fingerprint density at radius 2 is 2.24 bits per heavy atom. The van der Waals surface area contributed by atoms with Gasteiger partial charge >= 0.3 is 0 Å². The normalized spacial score (nSPS) is 30.8.